The lowest BCUT2D eigenvalue weighted by Crippen LogP contribution is -2.72. The Bertz CT molecular complexity index is 1650. The van der Waals surface area contributed by atoms with E-state index in [1.165, 1.54) is 30.2 Å². The fraction of sp³-hybridized carbons (Fsp3) is 0.883. The quantitative estimate of drug-likeness (QED) is 0.0938. The van der Waals surface area contributed by atoms with Crippen LogP contribution in [-0.4, -0.2) is 70.9 Å². The Morgan fingerprint density at radius 1 is 0.408 bits per heavy atom. The standard InChI is InChI=1S/C45H68O9.C3H8.23C2H6/c1-26(2)19-35(48)52-24-42(10)31-15-18-43(11)32(41(31,9)17-16-33(42)46)14-13-29-30-22-40(7,8)39(54-37(50)21-28(5)6)38(51)45(30,34(47)23-44(29,43)12)25-53-36(49)20-27(3)4;1-3-2;23*1-2/h13,19-21,30-34,38-39,46-47,51H,14-18,22-25H2,1-12H3;3H2,1-2H3;23*1-2H3/t30?,31?,32?,33-,34+,38-,39-,41-,42+,43+,44+,45-;;;;;;;;;;;;;;;;;;;;;;;;/m0......................../s1. The molecule has 5 aliphatic carbocycles. The Kier molecular flexibility index (Phi) is 168. The molecule has 0 aromatic carbocycles. The van der Waals surface area contributed by atoms with Crippen molar-refractivity contribution in [2.24, 2.45) is 50.2 Å². The summed E-state index contributed by atoms with van der Waals surface area (Å²) >= 11 is 0. The van der Waals surface area contributed by atoms with Crippen molar-refractivity contribution in [1.29, 1.82) is 0 Å². The minimum atomic E-state index is -1.31. The molecule has 0 amide bonds. The number of allylic oxidation sites excluding steroid dienone is 5. The number of aliphatic hydroxyl groups is 3. The smallest absolute Gasteiger partial charge is 0.331 e. The number of esters is 3. The fourth-order valence-corrected chi connectivity index (χ4v) is 12.5. The van der Waals surface area contributed by atoms with Crippen molar-refractivity contribution in [3.63, 3.8) is 0 Å². The predicted octanol–water partition coefficient (Wildman–Crippen LogP) is 32.6. The van der Waals surface area contributed by atoms with Crippen molar-refractivity contribution in [1.82, 2.24) is 0 Å². The third-order valence-corrected chi connectivity index (χ3v) is 15.3. The van der Waals surface area contributed by atoms with Crippen LogP contribution in [0.4, 0.5) is 0 Å². The molecule has 3 unspecified atom stereocenters. The van der Waals surface area contributed by atoms with Gasteiger partial charge in [-0.1, -0.05) is 409 Å². The number of hydrogen-bond donors (Lipinski definition) is 3. The minimum Gasteiger partial charge on any atom is -0.462 e. The summed E-state index contributed by atoms with van der Waals surface area (Å²) < 4.78 is 17.8. The van der Waals surface area contributed by atoms with Gasteiger partial charge in [0, 0.05) is 29.1 Å². The fourth-order valence-electron chi connectivity index (χ4n) is 12.5. The summed E-state index contributed by atoms with van der Waals surface area (Å²) in [5, 5.41) is 36.7. The highest BCUT2D eigenvalue weighted by Gasteiger charge is 2.73. The number of fused-ring (bicyclic) bond motifs is 7. The average molecular weight is 1490 g/mol. The molecule has 0 heterocycles. The van der Waals surface area contributed by atoms with Crippen molar-refractivity contribution < 1.29 is 43.9 Å². The molecule has 0 saturated heterocycles. The summed E-state index contributed by atoms with van der Waals surface area (Å²) in [4.78, 5) is 38.8. The van der Waals surface area contributed by atoms with Crippen molar-refractivity contribution in [3.05, 3.63) is 46.6 Å². The molecule has 0 aromatic heterocycles. The first kappa shape index (κ1) is 153. The van der Waals surface area contributed by atoms with Gasteiger partial charge >= 0.3 is 17.9 Å². The maximum absolute atomic E-state index is 13.1. The van der Waals surface area contributed by atoms with Crippen LogP contribution in [0.5, 0.6) is 0 Å². The Morgan fingerprint density at radius 2 is 0.699 bits per heavy atom. The minimum absolute atomic E-state index is 0.110. The van der Waals surface area contributed by atoms with Gasteiger partial charge < -0.3 is 29.5 Å². The van der Waals surface area contributed by atoms with Gasteiger partial charge in [-0.3, -0.25) is 0 Å². The Hall–Kier alpha value is -2.75. The van der Waals surface area contributed by atoms with Gasteiger partial charge in [0.25, 0.3) is 0 Å². The summed E-state index contributed by atoms with van der Waals surface area (Å²) in [6.45, 7) is 120. The molecule has 103 heavy (non-hydrogen) atoms. The molecule has 0 aliphatic heterocycles. The summed E-state index contributed by atoms with van der Waals surface area (Å²) in [6.07, 6.45) is 8.79. The Balaban J connectivity index is -0.0000000660. The maximum atomic E-state index is 13.1. The van der Waals surface area contributed by atoms with Gasteiger partial charge in [-0.15, -0.1) is 0 Å². The molecule has 644 valence electrons. The third-order valence-electron chi connectivity index (χ3n) is 15.3. The molecule has 4 saturated carbocycles. The zero-order valence-corrected chi connectivity index (χ0v) is 83.7. The van der Waals surface area contributed by atoms with Crippen LogP contribution >= 0.6 is 0 Å². The molecule has 12 atom stereocenters. The van der Waals surface area contributed by atoms with E-state index in [9.17, 15) is 29.7 Å². The number of rotatable bonds is 8. The maximum Gasteiger partial charge on any atom is 0.331 e. The van der Waals surface area contributed by atoms with Crippen LogP contribution in [0.1, 0.15) is 467 Å². The molecule has 5 aliphatic rings. The van der Waals surface area contributed by atoms with Crippen LogP contribution in [0.2, 0.25) is 0 Å². The lowest BCUT2D eigenvalue weighted by atomic mass is 9.33. The summed E-state index contributed by atoms with van der Waals surface area (Å²) in [5.74, 6) is -1.50. The molecule has 5 rings (SSSR count). The van der Waals surface area contributed by atoms with Crippen molar-refractivity contribution in [3.8, 4) is 0 Å². The largest absolute Gasteiger partial charge is 0.462 e. The zero-order chi connectivity index (χ0) is 89.1. The number of ether oxygens (including phenoxy) is 3. The number of hydrogen-bond acceptors (Lipinski definition) is 9. The number of carbonyl (C=O) groups is 3. The van der Waals surface area contributed by atoms with Gasteiger partial charge in [0.15, 0.2) is 0 Å². The van der Waals surface area contributed by atoms with Gasteiger partial charge in [0.05, 0.1) is 24.2 Å². The first-order valence-electron chi connectivity index (χ1n) is 44.5. The second kappa shape index (κ2) is 113. The van der Waals surface area contributed by atoms with E-state index in [4.69, 9.17) is 14.2 Å². The Labute approximate surface area is 659 Å². The zero-order valence-electron chi connectivity index (χ0n) is 83.7. The average Bonchev–Trinajstić information content (AvgIpc) is 0.671. The normalized spacial score (nSPS) is 23.5. The van der Waals surface area contributed by atoms with E-state index in [0.717, 1.165) is 42.4 Å². The Morgan fingerprint density at radius 3 is 1.00 bits per heavy atom. The van der Waals surface area contributed by atoms with E-state index < -0.39 is 58.0 Å². The van der Waals surface area contributed by atoms with E-state index >= 15 is 0 Å². The van der Waals surface area contributed by atoms with Crippen LogP contribution in [0.3, 0.4) is 0 Å². The molecule has 4 fully saturated rings. The SMILES string of the molecule is CC.CC.CC.CC.CC.CC.CC.CC.CC.CC.CC.CC.CC.CC.CC.CC.CC.CC.CC.CC.CC.CC.CC.CC(C)=CC(=O)OC[C@@]12C(CC(C)(C)[C@@H](OC(=O)C=C(C)C)[C@@H]1O)C1=CCC3[C@@]4(C)CC[C@H](O)[C@](C)(COC(=O)C=C(C)C)C4CC[C@@]3(C)[C@]1(C)C[C@H]2O.CCC. The van der Waals surface area contributed by atoms with Crippen LogP contribution in [0, 0.1) is 50.2 Å². The highest BCUT2D eigenvalue weighted by atomic mass is 16.6. The molecule has 0 radical (unpaired) electrons. The molecule has 9 heteroatoms. The molecule has 0 bridgehead atoms. The lowest BCUT2D eigenvalue weighted by Gasteiger charge is -2.72. The van der Waals surface area contributed by atoms with E-state index in [2.05, 4.69) is 47.6 Å². The summed E-state index contributed by atoms with van der Waals surface area (Å²) in [6, 6.07) is 0. The molecule has 9 nitrogen and oxygen atoms in total. The van der Waals surface area contributed by atoms with Crippen molar-refractivity contribution in [2.75, 3.05) is 13.2 Å². The van der Waals surface area contributed by atoms with Gasteiger partial charge in [-0.2, -0.15) is 0 Å². The molecule has 0 spiro atoms. The highest BCUT2D eigenvalue weighted by molar-refractivity contribution is 5.83. The van der Waals surface area contributed by atoms with Crippen LogP contribution in [-0.2, 0) is 28.6 Å². The molecule has 0 aromatic rings. The first-order valence-corrected chi connectivity index (χ1v) is 44.5. The third kappa shape index (κ3) is 56.2. The summed E-state index contributed by atoms with van der Waals surface area (Å²) in [5.41, 5.74) is 0.105. The van der Waals surface area contributed by atoms with E-state index in [-0.39, 0.29) is 47.8 Å². The van der Waals surface area contributed by atoms with Gasteiger partial charge in [0.2, 0.25) is 0 Å². The van der Waals surface area contributed by atoms with Crippen LogP contribution in [0.25, 0.3) is 0 Å². The second-order valence-electron chi connectivity index (χ2n) is 20.8. The molecular formula is C94H214O9. The highest BCUT2D eigenvalue weighted by Crippen LogP contribution is 2.76. The number of aliphatic hydroxyl groups excluding tert-OH is 3. The lowest BCUT2D eigenvalue weighted by molar-refractivity contribution is -0.263. The summed E-state index contributed by atoms with van der Waals surface area (Å²) in [7, 11) is 0. The monoisotopic (exact) mass is 1490 g/mol. The van der Waals surface area contributed by atoms with Crippen LogP contribution in [0.15, 0.2) is 46.6 Å². The van der Waals surface area contributed by atoms with Crippen LogP contribution < -0.4 is 0 Å². The second-order valence-corrected chi connectivity index (χ2v) is 20.8. The first-order chi connectivity index (χ1) is 49.3. The predicted molar refractivity (Wildman–Crippen MR) is 485 cm³/mol. The van der Waals surface area contributed by atoms with Crippen molar-refractivity contribution in [2.45, 2.75) is 491 Å². The topological polar surface area (TPSA) is 140 Å². The molecular weight excluding hydrogens is 1270 g/mol. The molecule has 3 N–H and O–H groups in total. The van der Waals surface area contributed by atoms with Crippen molar-refractivity contribution >= 4 is 17.9 Å². The van der Waals surface area contributed by atoms with Gasteiger partial charge in [-0.25, -0.2) is 14.4 Å². The number of carbonyl (C=O) groups excluding carboxylic acids is 3. The van der Waals surface area contributed by atoms with Gasteiger partial charge in [-0.05, 0) is 120 Å². The van der Waals surface area contributed by atoms with E-state index in [1.807, 2.05) is 374 Å². The van der Waals surface area contributed by atoms with Gasteiger partial charge in [0.1, 0.15) is 18.8 Å². The van der Waals surface area contributed by atoms with E-state index in [1.54, 1.807) is 0 Å². The van der Waals surface area contributed by atoms with E-state index in [0.29, 0.717) is 19.3 Å².